The van der Waals surface area contributed by atoms with E-state index < -0.39 is 11.9 Å². The Bertz CT molecular complexity index is 873. The van der Waals surface area contributed by atoms with Crippen LogP contribution >= 0.6 is 11.6 Å². The van der Waals surface area contributed by atoms with Crippen LogP contribution in [-0.4, -0.2) is 41.0 Å². The molecule has 0 radical (unpaired) electrons. The van der Waals surface area contributed by atoms with E-state index in [1.54, 1.807) is 12.1 Å². The fraction of sp³-hybridized carbons (Fsp3) is 0.450. The number of nitrogen functional groups attached to an aromatic ring is 1. The van der Waals surface area contributed by atoms with E-state index >= 15 is 0 Å². The maximum absolute atomic E-state index is 13.7. The molecule has 2 heterocycles. The number of piperidine rings is 1. The standard InChI is InChI=1S/C20H24ClFN6O/c21-13-6-14(22)8-16(7-13)26-19(12-3-4-12)20(29)27-15-2-1-5-28(10-15)18-9-17(23)24-11-25-18/h6-9,11-12,15,19,26H,1-5,10H2,(H,27,29)(H2,23,24,25)/t15-,19-/m1/s1. The maximum atomic E-state index is 13.7. The number of nitrogens with zero attached hydrogens (tertiary/aromatic N) is 3. The predicted octanol–water partition coefficient (Wildman–Crippen LogP) is 2.83. The molecule has 4 N–H and O–H groups in total. The second-order valence-corrected chi connectivity index (χ2v) is 8.15. The first-order valence-corrected chi connectivity index (χ1v) is 10.2. The largest absolute Gasteiger partial charge is 0.384 e. The van der Waals surface area contributed by atoms with E-state index in [4.69, 9.17) is 17.3 Å². The molecule has 1 aromatic heterocycles. The lowest BCUT2D eigenvalue weighted by atomic mass is 10.0. The SMILES string of the molecule is Nc1cc(N2CCC[C@@H](NC(=O)[C@H](Nc3cc(F)cc(Cl)c3)C3CC3)C2)ncn1. The number of hydrogen-bond donors (Lipinski definition) is 3. The van der Waals surface area contributed by atoms with Gasteiger partial charge in [-0.3, -0.25) is 4.79 Å². The number of aromatic nitrogens is 2. The molecule has 2 fully saturated rings. The van der Waals surface area contributed by atoms with Gasteiger partial charge in [-0.2, -0.15) is 0 Å². The summed E-state index contributed by atoms with van der Waals surface area (Å²) in [5.41, 5.74) is 6.28. The van der Waals surface area contributed by atoms with Gasteiger partial charge in [-0.25, -0.2) is 14.4 Å². The molecule has 154 valence electrons. The third-order valence-electron chi connectivity index (χ3n) is 5.33. The van der Waals surface area contributed by atoms with Crippen LogP contribution < -0.4 is 21.3 Å². The average molecular weight is 419 g/mol. The van der Waals surface area contributed by atoms with Crippen LogP contribution in [0.5, 0.6) is 0 Å². The molecular weight excluding hydrogens is 395 g/mol. The summed E-state index contributed by atoms with van der Waals surface area (Å²) in [7, 11) is 0. The number of rotatable bonds is 6. The number of nitrogens with two attached hydrogens (primary N) is 1. The summed E-state index contributed by atoms with van der Waals surface area (Å²) in [6, 6.07) is 5.58. The Balaban J connectivity index is 1.41. The van der Waals surface area contributed by atoms with Crippen LogP contribution in [0, 0.1) is 11.7 Å². The highest BCUT2D eigenvalue weighted by Crippen LogP contribution is 2.35. The van der Waals surface area contributed by atoms with E-state index in [0.717, 1.165) is 38.0 Å². The Kier molecular flexibility index (Phi) is 5.71. The van der Waals surface area contributed by atoms with Crippen LogP contribution in [0.1, 0.15) is 25.7 Å². The molecule has 29 heavy (non-hydrogen) atoms. The molecule has 1 aromatic carbocycles. The normalized spacial score (nSPS) is 20.2. The summed E-state index contributed by atoms with van der Waals surface area (Å²) >= 11 is 5.94. The average Bonchev–Trinajstić information content (AvgIpc) is 3.50. The predicted molar refractivity (Wildman–Crippen MR) is 111 cm³/mol. The Morgan fingerprint density at radius 3 is 2.79 bits per heavy atom. The van der Waals surface area contributed by atoms with E-state index in [2.05, 4.69) is 25.5 Å². The zero-order valence-corrected chi connectivity index (χ0v) is 16.7. The van der Waals surface area contributed by atoms with Gasteiger partial charge in [0.25, 0.3) is 0 Å². The van der Waals surface area contributed by atoms with Crippen molar-refractivity contribution in [1.82, 2.24) is 15.3 Å². The van der Waals surface area contributed by atoms with Crippen molar-refractivity contribution in [2.75, 3.05) is 29.0 Å². The van der Waals surface area contributed by atoms with Crippen molar-refractivity contribution in [3.05, 3.63) is 41.4 Å². The molecule has 9 heteroatoms. The molecule has 0 unspecified atom stereocenters. The summed E-state index contributed by atoms with van der Waals surface area (Å²) < 4.78 is 13.7. The quantitative estimate of drug-likeness (QED) is 0.667. The highest BCUT2D eigenvalue weighted by Gasteiger charge is 2.37. The van der Waals surface area contributed by atoms with Crippen molar-refractivity contribution in [2.24, 2.45) is 5.92 Å². The second kappa shape index (κ2) is 8.41. The minimum absolute atomic E-state index is 0.00610. The van der Waals surface area contributed by atoms with Crippen LogP contribution in [-0.2, 0) is 4.79 Å². The van der Waals surface area contributed by atoms with Gasteiger partial charge in [0.1, 0.15) is 29.8 Å². The molecule has 7 nitrogen and oxygen atoms in total. The summed E-state index contributed by atoms with van der Waals surface area (Å²) in [5.74, 6) is 0.943. The monoisotopic (exact) mass is 418 g/mol. The minimum Gasteiger partial charge on any atom is -0.384 e. The molecule has 1 amide bonds. The lowest BCUT2D eigenvalue weighted by molar-refractivity contribution is -0.123. The maximum Gasteiger partial charge on any atom is 0.243 e. The lowest BCUT2D eigenvalue weighted by Gasteiger charge is -2.34. The third-order valence-corrected chi connectivity index (χ3v) is 5.54. The Morgan fingerprint density at radius 2 is 2.07 bits per heavy atom. The summed E-state index contributed by atoms with van der Waals surface area (Å²) in [4.78, 5) is 23.3. The Hall–Kier alpha value is -2.61. The zero-order chi connectivity index (χ0) is 20.4. The number of benzene rings is 1. The minimum atomic E-state index is -0.429. The fourth-order valence-corrected chi connectivity index (χ4v) is 3.99. The van der Waals surface area contributed by atoms with Gasteiger partial charge in [-0.05, 0) is 49.8 Å². The highest BCUT2D eigenvalue weighted by molar-refractivity contribution is 6.30. The molecule has 0 spiro atoms. The number of carbonyl (C=O) groups is 1. The first-order valence-electron chi connectivity index (χ1n) is 9.83. The lowest BCUT2D eigenvalue weighted by Crippen LogP contribution is -2.52. The van der Waals surface area contributed by atoms with Gasteiger partial charge in [0.15, 0.2) is 0 Å². The molecule has 2 aromatic rings. The van der Waals surface area contributed by atoms with Gasteiger partial charge in [0.2, 0.25) is 5.91 Å². The Morgan fingerprint density at radius 1 is 1.24 bits per heavy atom. The van der Waals surface area contributed by atoms with Crippen molar-refractivity contribution in [2.45, 2.75) is 37.8 Å². The summed E-state index contributed by atoms with van der Waals surface area (Å²) in [6.45, 7) is 1.51. The number of nitrogens with one attached hydrogen (secondary N) is 2. The number of anilines is 3. The van der Waals surface area contributed by atoms with Crippen LogP contribution in [0.4, 0.5) is 21.7 Å². The molecule has 2 atom stereocenters. The van der Waals surface area contributed by atoms with Gasteiger partial charge >= 0.3 is 0 Å². The van der Waals surface area contributed by atoms with Crippen molar-refractivity contribution in [1.29, 1.82) is 0 Å². The molecule has 1 aliphatic heterocycles. The van der Waals surface area contributed by atoms with Crippen LogP contribution in [0.2, 0.25) is 5.02 Å². The van der Waals surface area contributed by atoms with E-state index in [9.17, 15) is 9.18 Å². The van der Waals surface area contributed by atoms with Crippen molar-refractivity contribution < 1.29 is 9.18 Å². The van der Waals surface area contributed by atoms with Crippen molar-refractivity contribution >= 4 is 34.8 Å². The number of hydrogen-bond acceptors (Lipinski definition) is 6. The summed E-state index contributed by atoms with van der Waals surface area (Å²) in [6.07, 6.45) is 5.24. The first-order chi connectivity index (χ1) is 14.0. The second-order valence-electron chi connectivity index (χ2n) is 7.71. The van der Waals surface area contributed by atoms with Gasteiger partial charge < -0.3 is 21.3 Å². The van der Waals surface area contributed by atoms with Crippen molar-refractivity contribution in [3.8, 4) is 0 Å². The van der Waals surface area contributed by atoms with Crippen LogP contribution in [0.15, 0.2) is 30.6 Å². The molecule has 1 saturated heterocycles. The molecule has 4 rings (SSSR count). The van der Waals surface area contributed by atoms with Gasteiger partial charge in [-0.1, -0.05) is 11.6 Å². The van der Waals surface area contributed by atoms with E-state index in [-0.39, 0.29) is 17.9 Å². The molecular formula is C20H24ClFN6O. The third kappa shape index (κ3) is 5.06. The van der Waals surface area contributed by atoms with Gasteiger partial charge in [0, 0.05) is 35.9 Å². The first kappa shape index (κ1) is 19.7. The molecule has 0 bridgehead atoms. The van der Waals surface area contributed by atoms with E-state index in [0.29, 0.717) is 23.1 Å². The topological polar surface area (TPSA) is 96.2 Å². The van der Waals surface area contributed by atoms with E-state index in [1.807, 2.05) is 0 Å². The Labute approximate surface area is 173 Å². The van der Waals surface area contributed by atoms with Crippen molar-refractivity contribution in [3.63, 3.8) is 0 Å². The van der Waals surface area contributed by atoms with Crippen LogP contribution in [0.3, 0.4) is 0 Å². The molecule has 1 saturated carbocycles. The number of amides is 1. The smallest absolute Gasteiger partial charge is 0.243 e. The van der Waals surface area contributed by atoms with Crippen LogP contribution in [0.25, 0.3) is 0 Å². The summed E-state index contributed by atoms with van der Waals surface area (Å²) in [5, 5.41) is 6.64. The molecule has 2 aliphatic rings. The number of carbonyl (C=O) groups excluding carboxylic acids is 1. The zero-order valence-electron chi connectivity index (χ0n) is 15.9. The van der Waals surface area contributed by atoms with Gasteiger partial charge in [0.05, 0.1) is 0 Å². The number of halogens is 2. The van der Waals surface area contributed by atoms with E-state index in [1.165, 1.54) is 18.5 Å². The fourth-order valence-electron chi connectivity index (χ4n) is 3.77. The highest BCUT2D eigenvalue weighted by atomic mass is 35.5. The van der Waals surface area contributed by atoms with Gasteiger partial charge in [-0.15, -0.1) is 0 Å². The molecule has 1 aliphatic carbocycles.